The molecule has 22 heavy (non-hydrogen) atoms. The topological polar surface area (TPSA) is 57.4 Å². The fraction of sp³-hybridized carbons (Fsp3) is 0.286. The van der Waals surface area contributed by atoms with Gasteiger partial charge in [0, 0.05) is 55.1 Å². The second-order valence-electron chi connectivity index (χ2n) is 5.09. The monoisotopic (exact) mass is 337 g/mol. The zero-order valence-electron chi connectivity index (χ0n) is 11.6. The number of nitrogens with one attached hydrogen (secondary N) is 1. The van der Waals surface area contributed by atoms with Gasteiger partial charge in [-0.15, -0.1) is 0 Å². The minimum atomic E-state index is 0.246. The molecular weight excluding hydrogens is 325 g/mol. The zero-order valence-corrected chi connectivity index (χ0v) is 13.1. The third-order valence-electron chi connectivity index (χ3n) is 3.76. The highest BCUT2D eigenvalue weighted by molar-refractivity contribution is 6.48. The van der Waals surface area contributed by atoms with E-state index in [0.717, 1.165) is 52.4 Å². The van der Waals surface area contributed by atoms with E-state index < -0.39 is 0 Å². The van der Waals surface area contributed by atoms with Gasteiger partial charge in [0.05, 0.1) is 0 Å². The molecule has 1 aliphatic rings. The Morgan fingerprint density at radius 1 is 1.14 bits per heavy atom. The Morgan fingerprint density at radius 3 is 2.68 bits per heavy atom. The fourth-order valence-electron chi connectivity index (χ4n) is 2.73. The van der Waals surface area contributed by atoms with E-state index in [1.54, 1.807) is 0 Å². The SMILES string of the molecule is ClN(Cl)c1nc(N2CCNCC2)c2oc3ccccc3c2n1. The number of benzene rings is 1. The summed E-state index contributed by atoms with van der Waals surface area (Å²) in [5, 5.41) is 4.24. The first-order valence-electron chi connectivity index (χ1n) is 7.00. The highest BCUT2D eigenvalue weighted by atomic mass is 35.5. The highest BCUT2D eigenvalue weighted by Gasteiger charge is 2.22. The minimum absolute atomic E-state index is 0.246. The predicted molar refractivity (Wildman–Crippen MR) is 88.6 cm³/mol. The summed E-state index contributed by atoms with van der Waals surface area (Å²) < 4.78 is 6.86. The van der Waals surface area contributed by atoms with E-state index in [2.05, 4.69) is 20.2 Å². The van der Waals surface area contributed by atoms with Gasteiger partial charge < -0.3 is 14.6 Å². The van der Waals surface area contributed by atoms with E-state index in [9.17, 15) is 0 Å². The van der Waals surface area contributed by atoms with Gasteiger partial charge in [0.2, 0.25) is 0 Å². The molecule has 2 aromatic heterocycles. The smallest absolute Gasteiger partial charge is 0.258 e. The average Bonchev–Trinajstić information content (AvgIpc) is 2.93. The molecule has 0 unspecified atom stereocenters. The van der Waals surface area contributed by atoms with Crippen molar-refractivity contribution in [3.63, 3.8) is 0 Å². The van der Waals surface area contributed by atoms with E-state index in [4.69, 9.17) is 28.0 Å². The van der Waals surface area contributed by atoms with Crippen molar-refractivity contribution in [1.29, 1.82) is 0 Å². The Morgan fingerprint density at radius 2 is 1.91 bits per heavy atom. The van der Waals surface area contributed by atoms with E-state index in [1.165, 1.54) is 0 Å². The Labute approximate surface area is 136 Å². The first kappa shape index (κ1) is 13.9. The van der Waals surface area contributed by atoms with Gasteiger partial charge in [0.15, 0.2) is 11.4 Å². The van der Waals surface area contributed by atoms with Crippen molar-refractivity contribution >= 4 is 57.4 Å². The van der Waals surface area contributed by atoms with Gasteiger partial charge in [0.1, 0.15) is 11.1 Å². The average molecular weight is 338 g/mol. The summed E-state index contributed by atoms with van der Waals surface area (Å²) in [5.74, 6) is 0.972. The number of halogens is 2. The van der Waals surface area contributed by atoms with E-state index in [0.29, 0.717) is 5.58 Å². The van der Waals surface area contributed by atoms with Crippen molar-refractivity contribution in [2.45, 2.75) is 0 Å². The van der Waals surface area contributed by atoms with Gasteiger partial charge in [-0.2, -0.15) is 8.92 Å². The summed E-state index contributed by atoms with van der Waals surface area (Å²) >= 11 is 11.7. The summed E-state index contributed by atoms with van der Waals surface area (Å²) in [5.41, 5.74) is 2.17. The zero-order chi connectivity index (χ0) is 15.1. The molecule has 1 N–H and O–H groups in total. The van der Waals surface area contributed by atoms with Crippen molar-refractivity contribution in [2.24, 2.45) is 0 Å². The Bertz CT molecular complexity index is 829. The predicted octanol–water partition coefficient (Wildman–Crippen LogP) is 2.90. The minimum Gasteiger partial charge on any atom is -0.450 e. The summed E-state index contributed by atoms with van der Waals surface area (Å²) in [7, 11) is 0. The van der Waals surface area contributed by atoms with Gasteiger partial charge >= 0.3 is 0 Å². The van der Waals surface area contributed by atoms with Crippen LogP contribution >= 0.6 is 23.6 Å². The molecule has 0 bridgehead atoms. The molecule has 0 spiro atoms. The first-order valence-corrected chi connectivity index (χ1v) is 7.68. The number of anilines is 2. The van der Waals surface area contributed by atoms with Crippen molar-refractivity contribution in [1.82, 2.24) is 15.3 Å². The summed E-state index contributed by atoms with van der Waals surface area (Å²) in [6.45, 7) is 3.47. The van der Waals surface area contributed by atoms with Gasteiger partial charge in [0.25, 0.3) is 5.95 Å². The second kappa shape index (κ2) is 5.46. The van der Waals surface area contributed by atoms with Gasteiger partial charge in [-0.3, -0.25) is 0 Å². The molecule has 8 heteroatoms. The molecule has 1 saturated heterocycles. The molecule has 0 amide bonds. The quantitative estimate of drug-likeness (QED) is 0.725. The molecule has 3 aromatic rings. The van der Waals surface area contributed by atoms with Crippen LogP contribution in [-0.4, -0.2) is 36.1 Å². The summed E-state index contributed by atoms with van der Waals surface area (Å²) in [6, 6.07) is 7.76. The van der Waals surface area contributed by atoms with Crippen LogP contribution in [0.3, 0.4) is 0 Å². The molecule has 1 aromatic carbocycles. The van der Waals surface area contributed by atoms with Crippen LogP contribution in [0.15, 0.2) is 28.7 Å². The van der Waals surface area contributed by atoms with Crippen LogP contribution in [0, 0.1) is 0 Å². The molecule has 0 atom stereocenters. The van der Waals surface area contributed by atoms with Gasteiger partial charge in [-0.05, 0) is 12.1 Å². The molecule has 0 radical (unpaired) electrons. The van der Waals surface area contributed by atoms with Crippen LogP contribution in [0.5, 0.6) is 0 Å². The molecule has 0 aliphatic carbocycles. The third kappa shape index (κ3) is 2.24. The normalized spacial score (nSPS) is 15.6. The van der Waals surface area contributed by atoms with Crippen LogP contribution in [0.1, 0.15) is 0 Å². The maximum absolute atomic E-state index is 5.98. The van der Waals surface area contributed by atoms with Crippen LogP contribution < -0.4 is 14.2 Å². The second-order valence-corrected chi connectivity index (χ2v) is 5.94. The molecule has 1 aliphatic heterocycles. The van der Waals surface area contributed by atoms with E-state index in [-0.39, 0.29) is 5.95 Å². The Kier molecular flexibility index (Phi) is 3.44. The molecule has 6 nitrogen and oxygen atoms in total. The van der Waals surface area contributed by atoms with Crippen LogP contribution in [0.4, 0.5) is 11.8 Å². The molecule has 3 heterocycles. The third-order valence-corrected chi connectivity index (χ3v) is 4.06. The number of para-hydroxylation sites is 1. The largest absolute Gasteiger partial charge is 0.450 e. The number of piperazine rings is 1. The molecule has 0 saturated carbocycles. The lowest BCUT2D eigenvalue weighted by Gasteiger charge is -2.28. The van der Waals surface area contributed by atoms with Crippen molar-refractivity contribution < 1.29 is 4.42 Å². The highest BCUT2D eigenvalue weighted by Crippen LogP contribution is 2.35. The van der Waals surface area contributed by atoms with Crippen LogP contribution in [-0.2, 0) is 0 Å². The Hall–Kier alpha value is -1.76. The lowest BCUT2D eigenvalue weighted by molar-refractivity contribution is 0.580. The number of fused-ring (bicyclic) bond motifs is 3. The number of hydrogen-bond donors (Lipinski definition) is 1. The first-order chi connectivity index (χ1) is 10.7. The standard InChI is InChI=1S/C14H13Cl2N5O/c15-21(16)14-18-11-9-3-1-2-4-10(9)22-12(11)13(19-14)20-7-5-17-6-8-20/h1-4,17H,5-8H2. The molecule has 4 rings (SSSR count). The number of nitrogens with zero attached hydrogens (tertiary/aromatic N) is 4. The lowest BCUT2D eigenvalue weighted by atomic mass is 10.2. The maximum atomic E-state index is 5.98. The van der Waals surface area contributed by atoms with Crippen molar-refractivity contribution in [3.05, 3.63) is 24.3 Å². The van der Waals surface area contributed by atoms with E-state index in [1.807, 2.05) is 24.3 Å². The van der Waals surface area contributed by atoms with Gasteiger partial charge in [-0.25, -0.2) is 4.98 Å². The number of furan rings is 1. The molecule has 1 fully saturated rings. The van der Waals surface area contributed by atoms with Gasteiger partial charge in [-0.1, -0.05) is 12.1 Å². The molecular formula is C14H13Cl2N5O. The number of aromatic nitrogens is 2. The van der Waals surface area contributed by atoms with E-state index >= 15 is 0 Å². The number of hydrogen-bond acceptors (Lipinski definition) is 6. The lowest BCUT2D eigenvalue weighted by Crippen LogP contribution is -2.44. The van der Waals surface area contributed by atoms with Crippen LogP contribution in [0.25, 0.3) is 22.1 Å². The summed E-state index contributed by atoms with van der Waals surface area (Å²) in [6.07, 6.45) is 0. The maximum Gasteiger partial charge on any atom is 0.258 e. The fourth-order valence-corrected chi connectivity index (χ4v) is 2.88. The van der Waals surface area contributed by atoms with Crippen molar-refractivity contribution in [2.75, 3.05) is 35.0 Å². The van der Waals surface area contributed by atoms with Crippen molar-refractivity contribution in [3.8, 4) is 0 Å². The molecule has 114 valence electrons. The van der Waals surface area contributed by atoms with Crippen LogP contribution in [0.2, 0.25) is 0 Å². The number of rotatable bonds is 2. The summed E-state index contributed by atoms with van der Waals surface area (Å²) in [4.78, 5) is 11.1. The Balaban J connectivity index is 1.99.